The zero-order chi connectivity index (χ0) is 18.5. The van der Waals surface area contributed by atoms with Crippen molar-refractivity contribution >= 4 is 29.2 Å². The van der Waals surface area contributed by atoms with E-state index in [1.807, 2.05) is 19.2 Å². The van der Waals surface area contributed by atoms with Crippen LogP contribution in [0.3, 0.4) is 0 Å². The summed E-state index contributed by atoms with van der Waals surface area (Å²) in [6.45, 7) is 0.156. The van der Waals surface area contributed by atoms with Crippen LogP contribution in [0.15, 0.2) is 23.3 Å². The number of amidine groups is 1. The predicted octanol–water partition coefficient (Wildman–Crippen LogP) is 2.72. The molecule has 0 bridgehead atoms. The summed E-state index contributed by atoms with van der Waals surface area (Å²) in [4.78, 5) is 16.8. The molecule has 4 rings (SSSR count). The first-order chi connectivity index (χ1) is 12.4. The van der Waals surface area contributed by atoms with Crippen molar-refractivity contribution in [3.05, 3.63) is 34.6 Å². The summed E-state index contributed by atoms with van der Waals surface area (Å²) in [5.74, 6) is 0.995. The Morgan fingerprint density at radius 1 is 1.46 bits per heavy atom. The number of fused-ring (bicyclic) bond motifs is 2. The number of aromatic nitrogens is 3. The minimum Gasteiger partial charge on any atom is -0.465 e. The lowest BCUT2D eigenvalue weighted by molar-refractivity contribution is 0.153. The molecule has 26 heavy (non-hydrogen) atoms. The Morgan fingerprint density at radius 3 is 2.85 bits per heavy atom. The van der Waals surface area contributed by atoms with Crippen LogP contribution in [0.5, 0.6) is 0 Å². The third kappa shape index (κ3) is 2.44. The molecular formula is C17H19ClN6O2. The summed E-state index contributed by atoms with van der Waals surface area (Å²) in [6, 6.07) is 3.89. The Bertz CT molecular complexity index is 918. The predicted molar refractivity (Wildman–Crippen MR) is 97.5 cm³/mol. The Hall–Kier alpha value is -2.61. The molecule has 1 aliphatic heterocycles. The van der Waals surface area contributed by atoms with Crippen molar-refractivity contribution < 1.29 is 9.90 Å². The van der Waals surface area contributed by atoms with Crippen LogP contribution in [0.4, 0.5) is 10.5 Å². The van der Waals surface area contributed by atoms with Crippen molar-refractivity contribution in [3.8, 4) is 5.69 Å². The fourth-order valence-corrected chi connectivity index (χ4v) is 3.94. The molecule has 0 radical (unpaired) electrons. The second kappa shape index (κ2) is 5.98. The summed E-state index contributed by atoms with van der Waals surface area (Å²) in [7, 11) is 3.38. The van der Waals surface area contributed by atoms with Gasteiger partial charge in [0.25, 0.3) is 0 Å². The standard InChI is InChI=1S/C17H19ClN6O2/c1-19-15-17(4-3-5-17)11-6-12(18)14(7-13(11)20-15)24-9-10(21-22-24)8-23(2)16(25)26/h6-7,9H,3-5,8H2,1-2H3,(H,19,20)(H,25,26). The summed E-state index contributed by atoms with van der Waals surface area (Å²) >= 11 is 6.54. The van der Waals surface area contributed by atoms with Gasteiger partial charge in [-0.3, -0.25) is 0 Å². The van der Waals surface area contributed by atoms with Crippen molar-refractivity contribution in [1.29, 1.82) is 0 Å². The van der Waals surface area contributed by atoms with E-state index < -0.39 is 6.09 Å². The fraction of sp³-hybridized carbons (Fsp3) is 0.412. The Balaban J connectivity index is 1.69. The van der Waals surface area contributed by atoms with E-state index in [-0.39, 0.29) is 12.0 Å². The van der Waals surface area contributed by atoms with Crippen molar-refractivity contribution in [3.63, 3.8) is 0 Å². The van der Waals surface area contributed by atoms with Gasteiger partial charge in [0.05, 0.1) is 34.6 Å². The van der Waals surface area contributed by atoms with Crippen molar-refractivity contribution in [2.24, 2.45) is 4.99 Å². The van der Waals surface area contributed by atoms with Gasteiger partial charge in [0.2, 0.25) is 0 Å². The van der Waals surface area contributed by atoms with Gasteiger partial charge < -0.3 is 15.3 Å². The summed E-state index contributed by atoms with van der Waals surface area (Å²) in [5, 5.41) is 20.9. The van der Waals surface area contributed by atoms with Gasteiger partial charge >= 0.3 is 6.09 Å². The molecule has 9 heteroatoms. The molecule has 8 nitrogen and oxygen atoms in total. The monoisotopic (exact) mass is 374 g/mol. The second-order valence-corrected chi connectivity index (χ2v) is 7.17. The minimum atomic E-state index is -1.02. The van der Waals surface area contributed by atoms with Crippen LogP contribution in [0.25, 0.3) is 5.69 Å². The molecule has 1 amide bonds. The SMILES string of the molecule is CNC1=Nc2cc(-n3cc(CN(C)C(=O)O)nn3)c(Cl)cc2C12CCC2. The Kier molecular flexibility index (Phi) is 3.87. The molecule has 0 atom stereocenters. The Morgan fingerprint density at radius 2 is 2.23 bits per heavy atom. The fourth-order valence-electron chi connectivity index (χ4n) is 3.69. The highest BCUT2D eigenvalue weighted by atomic mass is 35.5. The Labute approximate surface area is 155 Å². The highest BCUT2D eigenvalue weighted by Crippen LogP contribution is 2.53. The number of aliphatic imine (C=N–C) groups is 1. The van der Waals surface area contributed by atoms with Crippen LogP contribution in [0.2, 0.25) is 5.02 Å². The maximum absolute atomic E-state index is 10.9. The quantitative estimate of drug-likeness (QED) is 0.861. The van der Waals surface area contributed by atoms with Gasteiger partial charge in [-0.25, -0.2) is 14.5 Å². The number of likely N-dealkylation sites (N-methyl/N-ethyl adjacent to an activating group) is 1. The maximum Gasteiger partial charge on any atom is 0.407 e. The molecule has 1 spiro atoms. The molecule has 0 unspecified atom stereocenters. The molecule has 2 heterocycles. The molecule has 2 aliphatic rings. The number of hydrogen-bond donors (Lipinski definition) is 2. The minimum absolute atomic E-state index is 0.0238. The van der Waals surface area contributed by atoms with Gasteiger partial charge in [0.15, 0.2) is 0 Å². The summed E-state index contributed by atoms with van der Waals surface area (Å²) in [5.41, 5.74) is 3.25. The van der Waals surface area contributed by atoms with Gasteiger partial charge in [-0.05, 0) is 30.5 Å². The van der Waals surface area contributed by atoms with Gasteiger partial charge in [0, 0.05) is 14.1 Å². The molecule has 1 aliphatic carbocycles. The first-order valence-corrected chi connectivity index (χ1v) is 8.79. The molecule has 1 fully saturated rings. The number of halogens is 1. The van der Waals surface area contributed by atoms with E-state index >= 15 is 0 Å². The number of carboxylic acid groups (broad SMARTS) is 1. The second-order valence-electron chi connectivity index (χ2n) is 6.76. The van der Waals surface area contributed by atoms with Gasteiger partial charge in [-0.2, -0.15) is 0 Å². The maximum atomic E-state index is 10.9. The topological polar surface area (TPSA) is 95.6 Å². The lowest BCUT2D eigenvalue weighted by Crippen LogP contribution is -2.45. The average molecular weight is 375 g/mol. The number of carbonyl (C=O) groups is 1. The van der Waals surface area contributed by atoms with Gasteiger partial charge in [-0.15, -0.1) is 5.10 Å². The third-order valence-corrected chi connectivity index (χ3v) is 5.53. The molecule has 1 aromatic heterocycles. The molecule has 2 N–H and O–H groups in total. The summed E-state index contributed by atoms with van der Waals surface area (Å²) in [6.07, 6.45) is 4.00. The van der Waals surface area contributed by atoms with Gasteiger partial charge in [-0.1, -0.05) is 23.2 Å². The largest absolute Gasteiger partial charge is 0.465 e. The van der Waals surface area contributed by atoms with Crippen LogP contribution in [0, 0.1) is 0 Å². The smallest absolute Gasteiger partial charge is 0.407 e. The number of amides is 1. The van der Waals surface area contributed by atoms with Crippen LogP contribution >= 0.6 is 11.6 Å². The van der Waals surface area contributed by atoms with E-state index in [9.17, 15) is 4.79 Å². The van der Waals surface area contributed by atoms with E-state index in [2.05, 4.69) is 15.6 Å². The van der Waals surface area contributed by atoms with E-state index in [0.29, 0.717) is 16.4 Å². The normalized spacial score (nSPS) is 16.8. The van der Waals surface area contributed by atoms with E-state index in [4.69, 9.17) is 21.7 Å². The zero-order valence-electron chi connectivity index (χ0n) is 14.5. The lowest BCUT2D eigenvalue weighted by Gasteiger charge is -2.40. The van der Waals surface area contributed by atoms with Crippen LogP contribution < -0.4 is 5.32 Å². The molecule has 2 aromatic rings. The highest BCUT2D eigenvalue weighted by Gasteiger charge is 2.48. The van der Waals surface area contributed by atoms with Crippen molar-refractivity contribution in [2.75, 3.05) is 14.1 Å². The number of nitrogens with one attached hydrogen (secondary N) is 1. The molecule has 1 saturated carbocycles. The number of hydrogen-bond acceptors (Lipinski definition) is 5. The molecular weight excluding hydrogens is 356 g/mol. The van der Waals surface area contributed by atoms with Crippen LogP contribution in [0.1, 0.15) is 30.5 Å². The van der Waals surface area contributed by atoms with Crippen molar-refractivity contribution in [2.45, 2.75) is 31.2 Å². The van der Waals surface area contributed by atoms with Gasteiger partial charge in [0.1, 0.15) is 11.5 Å². The van der Waals surface area contributed by atoms with Crippen molar-refractivity contribution in [1.82, 2.24) is 25.2 Å². The number of nitrogens with zero attached hydrogens (tertiary/aromatic N) is 5. The average Bonchev–Trinajstić information content (AvgIpc) is 3.14. The zero-order valence-corrected chi connectivity index (χ0v) is 15.3. The van der Waals surface area contributed by atoms with E-state index in [0.717, 1.165) is 34.8 Å². The molecule has 0 saturated heterocycles. The lowest BCUT2D eigenvalue weighted by atomic mass is 9.64. The molecule has 136 valence electrons. The highest BCUT2D eigenvalue weighted by molar-refractivity contribution is 6.32. The third-order valence-electron chi connectivity index (χ3n) is 5.22. The van der Waals surface area contributed by atoms with E-state index in [1.54, 1.807) is 10.9 Å². The summed E-state index contributed by atoms with van der Waals surface area (Å²) < 4.78 is 1.56. The first-order valence-electron chi connectivity index (χ1n) is 8.41. The first kappa shape index (κ1) is 16.8. The van der Waals surface area contributed by atoms with E-state index in [1.165, 1.54) is 13.5 Å². The number of benzene rings is 1. The van der Waals surface area contributed by atoms with Crippen LogP contribution in [-0.2, 0) is 12.0 Å². The van der Waals surface area contributed by atoms with Crippen LogP contribution in [-0.4, -0.2) is 51.0 Å². The number of rotatable bonds is 3. The molecule has 1 aromatic carbocycles.